The Balaban J connectivity index is 1.31. The van der Waals surface area contributed by atoms with E-state index in [1.807, 2.05) is 53.2 Å². The fraction of sp³-hybridized carbons (Fsp3) is 0.259. The number of para-hydroxylation sites is 1. The smallest absolute Gasteiger partial charge is 0.251 e. The van der Waals surface area contributed by atoms with Crippen molar-refractivity contribution in [1.82, 2.24) is 20.0 Å². The molecule has 0 saturated carbocycles. The van der Waals surface area contributed by atoms with Crippen LogP contribution < -0.4 is 10.6 Å². The lowest BCUT2D eigenvalue weighted by Crippen LogP contribution is -2.47. The van der Waals surface area contributed by atoms with E-state index in [0.717, 1.165) is 48.6 Å². The second-order valence-corrected chi connectivity index (χ2v) is 9.62. The van der Waals surface area contributed by atoms with Gasteiger partial charge in [-0.3, -0.25) is 9.69 Å². The molecular weight excluding hydrogens is 497 g/mol. The number of halogens is 2. The number of carbonyl (C=O) groups is 1. The maximum atomic E-state index is 12.9. The summed E-state index contributed by atoms with van der Waals surface area (Å²) in [5.41, 5.74) is 3.84. The Kier molecular flexibility index (Phi) is 7.43. The number of fused-ring (bicyclic) bond motifs is 1. The monoisotopic (exact) mass is 523 g/mol. The molecule has 1 atom stereocenters. The van der Waals surface area contributed by atoms with Crippen LogP contribution in [0.2, 0.25) is 10.0 Å². The largest absolute Gasteiger partial charge is 0.379 e. The van der Waals surface area contributed by atoms with Crippen LogP contribution in [-0.4, -0.2) is 59.5 Å². The number of morpholine rings is 1. The Labute approximate surface area is 219 Å². The van der Waals surface area contributed by atoms with E-state index in [1.54, 1.807) is 18.3 Å². The number of nitrogens with one attached hydrogen (secondary N) is 2. The van der Waals surface area contributed by atoms with Gasteiger partial charge in [-0.2, -0.15) is 5.10 Å². The topological polar surface area (TPSA) is 71.4 Å². The molecule has 9 heteroatoms. The molecule has 3 aromatic carbocycles. The Morgan fingerprint density at radius 1 is 1.06 bits per heavy atom. The first-order chi connectivity index (χ1) is 17.5. The summed E-state index contributed by atoms with van der Waals surface area (Å²) >= 11 is 12.6. The first-order valence-electron chi connectivity index (χ1n) is 11.9. The van der Waals surface area contributed by atoms with Crippen molar-refractivity contribution in [1.29, 1.82) is 0 Å². The van der Waals surface area contributed by atoms with Crippen molar-refractivity contribution < 1.29 is 9.53 Å². The molecule has 36 heavy (non-hydrogen) atoms. The van der Waals surface area contributed by atoms with E-state index in [2.05, 4.69) is 27.6 Å². The van der Waals surface area contributed by atoms with E-state index in [1.165, 1.54) is 0 Å². The zero-order chi connectivity index (χ0) is 25.1. The second kappa shape index (κ2) is 10.9. The average molecular weight is 524 g/mol. The SMILES string of the molecule is CC(CNC(=O)c1cccc(-n2ncc3cc(Nc4c(Cl)cccc4Cl)ccc32)c1)N1CCOCC1. The lowest BCUT2D eigenvalue weighted by molar-refractivity contribution is 0.0204. The van der Waals surface area contributed by atoms with Crippen LogP contribution in [0.3, 0.4) is 0 Å². The van der Waals surface area contributed by atoms with Gasteiger partial charge in [0.15, 0.2) is 0 Å². The van der Waals surface area contributed by atoms with Gasteiger partial charge in [0.25, 0.3) is 5.91 Å². The van der Waals surface area contributed by atoms with Crippen LogP contribution in [0.1, 0.15) is 17.3 Å². The van der Waals surface area contributed by atoms with Crippen molar-refractivity contribution >= 4 is 51.4 Å². The third kappa shape index (κ3) is 5.34. The van der Waals surface area contributed by atoms with E-state index in [0.29, 0.717) is 27.8 Å². The van der Waals surface area contributed by atoms with Crippen LogP contribution in [0.4, 0.5) is 11.4 Å². The molecule has 1 aliphatic heterocycles. The molecule has 4 aromatic rings. The number of amides is 1. The number of rotatable bonds is 7. The molecule has 0 radical (unpaired) electrons. The summed E-state index contributed by atoms with van der Waals surface area (Å²) in [6.45, 7) is 5.97. The van der Waals surface area contributed by atoms with Gasteiger partial charge in [0, 0.05) is 42.3 Å². The lowest BCUT2D eigenvalue weighted by Gasteiger charge is -2.32. The van der Waals surface area contributed by atoms with Gasteiger partial charge in [0.2, 0.25) is 0 Å². The van der Waals surface area contributed by atoms with Crippen molar-refractivity contribution in [2.45, 2.75) is 13.0 Å². The Morgan fingerprint density at radius 2 is 1.81 bits per heavy atom. The number of ether oxygens (including phenoxy) is 1. The highest BCUT2D eigenvalue weighted by molar-refractivity contribution is 6.39. The predicted octanol–water partition coefficient (Wildman–Crippen LogP) is 5.53. The maximum Gasteiger partial charge on any atom is 0.251 e. The van der Waals surface area contributed by atoms with Crippen LogP contribution in [0, 0.1) is 0 Å². The summed E-state index contributed by atoms with van der Waals surface area (Å²) in [7, 11) is 0. The van der Waals surface area contributed by atoms with Crippen molar-refractivity contribution in [3.63, 3.8) is 0 Å². The molecule has 186 valence electrons. The van der Waals surface area contributed by atoms with Crippen LogP contribution in [-0.2, 0) is 4.74 Å². The third-order valence-electron chi connectivity index (χ3n) is 6.38. The highest BCUT2D eigenvalue weighted by Crippen LogP contribution is 2.33. The average Bonchev–Trinajstić information content (AvgIpc) is 3.33. The highest BCUT2D eigenvalue weighted by Gasteiger charge is 2.18. The van der Waals surface area contributed by atoms with Crippen LogP contribution >= 0.6 is 23.2 Å². The van der Waals surface area contributed by atoms with Crippen LogP contribution in [0.25, 0.3) is 16.6 Å². The van der Waals surface area contributed by atoms with Crippen molar-refractivity contribution in [3.8, 4) is 5.69 Å². The van der Waals surface area contributed by atoms with Crippen molar-refractivity contribution in [3.05, 3.63) is 82.5 Å². The summed E-state index contributed by atoms with van der Waals surface area (Å²) in [5, 5.41) is 13.0. The standard InChI is InChI=1S/C27H27Cl2N5O2/c1-18(33-10-12-36-13-11-33)16-30-27(35)19-4-2-5-22(15-19)34-25-9-8-21(14-20(25)17-31-34)32-26-23(28)6-3-7-24(26)29/h2-9,14-15,17-18,32H,10-13,16H2,1H3,(H,30,35). The third-order valence-corrected chi connectivity index (χ3v) is 7.01. The molecule has 1 aliphatic rings. The summed E-state index contributed by atoms with van der Waals surface area (Å²) < 4.78 is 7.24. The Morgan fingerprint density at radius 3 is 2.58 bits per heavy atom. The van der Waals surface area contributed by atoms with Gasteiger partial charge >= 0.3 is 0 Å². The van der Waals surface area contributed by atoms with Gasteiger partial charge in [-0.05, 0) is 55.5 Å². The molecular formula is C27H27Cl2N5O2. The number of benzene rings is 3. The Bertz CT molecular complexity index is 1360. The fourth-order valence-corrected chi connectivity index (χ4v) is 4.84. The fourth-order valence-electron chi connectivity index (χ4n) is 4.35. The minimum Gasteiger partial charge on any atom is -0.379 e. The zero-order valence-corrected chi connectivity index (χ0v) is 21.4. The number of hydrogen-bond donors (Lipinski definition) is 2. The van der Waals surface area contributed by atoms with Crippen LogP contribution in [0.15, 0.2) is 66.9 Å². The highest BCUT2D eigenvalue weighted by atomic mass is 35.5. The molecule has 2 N–H and O–H groups in total. The van der Waals surface area contributed by atoms with Gasteiger partial charge in [-0.15, -0.1) is 0 Å². The first kappa shape index (κ1) is 24.6. The molecule has 1 fully saturated rings. The van der Waals surface area contributed by atoms with E-state index in [4.69, 9.17) is 27.9 Å². The second-order valence-electron chi connectivity index (χ2n) is 8.81. The van der Waals surface area contributed by atoms with Crippen molar-refractivity contribution in [2.75, 3.05) is 38.2 Å². The molecule has 1 amide bonds. The van der Waals surface area contributed by atoms with E-state index in [-0.39, 0.29) is 11.9 Å². The van der Waals surface area contributed by atoms with E-state index in [9.17, 15) is 4.79 Å². The minimum absolute atomic E-state index is 0.100. The number of nitrogens with zero attached hydrogens (tertiary/aromatic N) is 3. The lowest BCUT2D eigenvalue weighted by atomic mass is 10.1. The number of carbonyl (C=O) groups excluding carboxylic acids is 1. The molecule has 0 spiro atoms. The molecule has 1 aromatic heterocycles. The summed E-state index contributed by atoms with van der Waals surface area (Å²) in [6.07, 6.45) is 1.80. The Hall–Kier alpha value is -3.10. The molecule has 1 saturated heterocycles. The predicted molar refractivity (Wildman–Crippen MR) is 145 cm³/mol. The maximum absolute atomic E-state index is 12.9. The quantitative estimate of drug-likeness (QED) is 0.333. The number of aromatic nitrogens is 2. The van der Waals surface area contributed by atoms with Gasteiger partial charge in [0.1, 0.15) is 0 Å². The van der Waals surface area contributed by atoms with Gasteiger partial charge < -0.3 is 15.4 Å². The minimum atomic E-state index is -0.100. The first-order valence-corrected chi connectivity index (χ1v) is 12.6. The molecule has 5 rings (SSSR count). The van der Waals surface area contributed by atoms with Crippen LogP contribution in [0.5, 0.6) is 0 Å². The molecule has 2 heterocycles. The molecule has 0 bridgehead atoms. The molecule has 0 aliphatic carbocycles. The molecule has 1 unspecified atom stereocenters. The van der Waals surface area contributed by atoms with Gasteiger partial charge in [-0.1, -0.05) is 35.3 Å². The van der Waals surface area contributed by atoms with Crippen molar-refractivity contribution in [2.24, 2.45) is 0 Å². The van der Waals surface area contributed by atoms with E-state index < -0.39 is 0 Å². The normalized spacial score (nSPS) is 15.1. The summed E-state index contributed by atoms with van der Waals surface area (Å²) in [4.78, 5) is 15.2. The summed E-state index contributed by atoms with van der Waals surface area (Å²) in [5.74, 6) is -0.100. The van der Waals surface area contributed by atoms with Gasteiger partial charge in [-0.25, -0.2) is 4.68 Å². The van der Waals surface area contributed by atoms with E-state index >= 15 is 0 Å². The zero-order valence-electron chi connectivity index (χ0n) is 19.9. The summed E-state index contributed by atoms with van der Waals surface area (Å²) in [6, 6.07) is 19.0. The van der Waals surface area contributed by atoms with Gasteiger partial charge in [0.05, 0.1) is 46.3 Å². The number of hydrogen-bond acceptors (Lipinski definition) is 5. The number of anilines is 2. The molecule has 7 nitrogen and oxygen atoms in total.